The van der Waals surface area contributed by atoms with E-state index in [9.17, 15) is 13.2 Å². The van der Waals surface area contributed by atoms with Gasteiger partial charge in [-0.15, -0.1) is 11.3 Å². The molecule has 29 heavy (non-hydrogen) atoms. The summed E-state index contributed by atoms with van der Waals surface area (Å²) in [6.45, 7) is -0.321. The Morgan fingerprint density at radius 2 is 2.10 bits per heavy atom. The number of fused-ring (bicyclic) bond motifs is 1. The summed E-state index contributed by atoms with van der Waals surface area (Å²) < 4.78 is 26.0. The van der Waals surface area contributed by atoms with Crippen LogP contribution in [0.2, 0.25) is 0 Å². The second kappa shape index (κ2) is 7.74. The number of imidazole rings is 1. The first-order valence-electron chi connectivity index (χ1n) is 8.63. The zero-order chi connectivity index (χ0) is 20.4. The van der Waals surface area contributed by atoms with E-state index in [4.69, 9.17) is 0 Å². The smallest absolute Gasteiger partial charge is 0.244 e. The molecule has 1 aromatic carbocycles. The molecule has 0 aliphatic rings. The van der Waals surface area contributed by atoms with Crippen LogP contribution >= 0.6 is 11.3 Å². The van der Waals surface area contributed by atoms with Crippen LogP contribution in [0.25, 0.3) is 21.7 Å². The number of carbonyl (C=O) groups is 1. The van der Waals surface area contributed by atoms with Crippen molar-refractivity contribution in [1.29, 1.82) is 0 Å². The first-order chi connectivity index (χ1) is 13.9. The third-order valence-corrected chi connectivity index (χ3v) is 6.89. The molecular formula is C19H17N5O3S2. The third-order valence-electron chi connectivity index (χ3n) is 4.23. The minimum atomic E-state index is -3.79. The number of aromatic nitrogens is 3. The highest BCUT2D eigenvalue weighted by Crippen LogP contribution is 2.26. The lowest BCUT2D eigenvalue weighted by Gasteiger charge is -2.16. The quantitative estimate of drug-likeness (QED) is 0.492. The Hall–Kier alpha value is -3.08. The standard InChI is InChI=1S/C19H17N5O3S2/c1-24(29(26,27)14-4-2-8-20-11-14)12-18(25)21-13-6-7-15-16(10-13)23-19(22-15)17-5-3-9-28-17/h2-11H,12H2,1H3,(H,21,25)(H,22,23). The fourth-order valence-corrected chi connectivity index (χ4v) is 4.55. The lowest BCUT2D eigenvalue weighted by Crippen LogP contribution is -2.35. The van der Waals surface area contributed by atoms with Crippen LogP contribution in [-0.4, -0.2) is 47.2 Å². The molecule has 0 atom stereocenters. The predicted molar refractivity (Wildman–Crippen MR) is 112 cm³/mol. The van der Waals surface area contributed by atoms with E-state index in [1.807, 2.05) is 17.5 Å². The van der Waals surface area contributed by atoms with Gasteiger partial charge in [-0.3, -0.25) is 9.78 Å². The summed E-state index contributed by atoms with van der Waals surface area (Å²) in [7, 11) is -2.43. The molecule has 3 heterocycles. The molecule has 0 saturated heterocycles. The zero-order valence-electron chi connectivity index (χ0n) is 15.4. The highest BCUT2D eigenvalue weighted by molar-refractivity contribution is 7.89. The molecule has 4 aromatic rings. The number of nitrogens with one attached hydrogen (secondary N) is 2. The maximum absolute atomic E-state index is 12.5. The van der Waals surface area contributed by atoms with Crippen LogP contribution in [0, 0.1) is 0 Å². The van der Waals surface area contributed by atoms with Gasteiger partial charge in [0.2, 0.25) is 15.9 Å². The Morgan fingerprint density at radius 1 is 1.24 bits per heavy atom. The van der Waals surface area contributed by atoms with Crippen LogP contribution < -0.4 is 5.32 Å². The molecule has 2 N–H and O–H groups in total. The van der Waals surface area contributed by atoms with Crippen molar-refractivity contribution in [2.75, 3.05) is 18.9 Å². The van der Waals surface area contributed by atoms with E-state index in [2.05, 4.69) is 20.3 Å². The van der Waals surface area contributed by atoms with E-state index in [0.29, 0.717) is 5.69 Å². The second-order valence-electron chi connectivity index (χ2n) is 6.29. The van der Waals surface area contributed by atoms with Crippen LogP contribution in [0.15, 0.2) is 65.1 Å². The van der Waals surface area contributed by atoms with E-state index >= 15 is 0 Å². The molecule has 0 aliphatic carbocycles. The van der Waals surface area contributed by atoms with Crippen molar-refractivity contribution in [2.45, 2.75) is 4.90 Å². The van der Waals surface area contributed by atoms with Crippen LogP contribution in [0.5, 0.6) is 0 Å². The van der Waals surface area contributed by atoms with E-state index in [1.165, 1.54) is 31.6 Å². The van der Waals surface area contributed by atoms with Crippen molar-refractivity contribution in [1.82, 2.24) is 19.3 Å². The Bertz CT molecular complexity index is 1250. The largest absolute Gasteiger partial charge is 0.337 e. The van der Waals surface area contributed by atoms with Gasteiger partial charge in [-0.05, 0) is 41.8 Å². The SMILES string of the molecule is CN(CC(=O)Nc1ccc2nc(-c3cccs3)[nH]c2c1)S(=O)(=O)c1cccnc1. The van der Waals surface area contributed by atoms with Crippen LogP contribution in [-0.2, 0) is 14.8 Å². The van der Waals surface area contributed by atoms with Gasteiger partial charge in [0.05, 0.1) is 22.5 Å². The normalized spacial score (nSPS) is 11.8. The number of hydrogen-bond donors (Lipinski definition) is 2. The Labute approximate surface area is 171 Å². The lowest BCUT2D eigenvalue weighted by molar-refractivity contribution is -0.116. The molecule has 0 saturated carbocycles. The maximum atomic E-state index is 12.5. The predicted octanol–water partition coefficient (Wildman–Crippen LogP) is 2.95. The molecule has 10 heteroatoms. The highest BCUT2D eigenvalue weighted by Gasteiger charge is 2.23. The summed E-state index contributed by atoms with van der Waals surface area (Å²) in [5, 5.41) is 4.70. The molecule has 0 aliphatic heterocycles. The summed E-state index contributed by atoms with van der Waals surface area (Å²) in [5.41, 5.74) is 2.11. The number of benzene rings is 1. The van der Waals surface area contributed by atoms with Crippen LogP contribution in [0.1, 0.15) is 0 Å². The fraction of sp³-hybridized carbons (Fsp3) is 0.105. The summed E-state index contributed by atoms with van der Waals surface area (Å²) >= 11 is 1.58. The van der Waals surface area contributed by atoms with Crippen LogP contribution in [0.3, 0.4) is 0 Å². The van der Waals surface area contributed by atoms with Crippen molar-refractivity contribution < 1.29 is 13.2 Å². The second-order valence-corrected chi connectivity index (χ2v) is 9.29. The first-order valence-corrected chi connectivity index (χ1v) is 11.0. The molecule has 3 aromatic heterocycles. The summed E-state index contributed by atoms with van der Waals surface area (Å²) in [6, 6.07) is 12.2. The van der Waals surface area contributed by atoms with Crippen molar-refractivity contribution in [3.63, 3.8) is 0 Å². The molecule has 148 valence electrons. The van der Waals surface area contributed by atoms with Crippen molar-refractivity contribution in [2.24, 2.45) is 0 Å². The Morgan fingerprint density at radius 3 is 2.83 bits per heavy atom. The van der Waals surface area contributed by atoms with Gasteiger partial charge in [0, 0.05) is 25.1 Å². The van der Waals surface area contributed by atoms with E-state index < -0.39 is 15.9 Å². The minimum Gasteiger partial charge on any atom is -0.337 e. The van der Waals surface area contributed by atoms with Crippen LogP contribution in [0.4, 0.5) is 5.69 Å². The molecular weight excluding hydrogens is 410 g/mol. The topological polar surface area (TPSA) is 108 Å². The zero-order valence-corrected chi connectivity index (χ0v) is 17.0. The summed E-state index contributed by atoms with van der Waals surface area (Å²) in [4.78, 5) is 25.0. The highest BCUT2D eigenvalue weighted by atomic mass is 32.2. The van der Waals surface area contributed by atoms with Gasteiger partial charge < -0.3 is 10.3 Å². The third kappa shape index (κ3) is 4.04. The number of aromatic amines is 1. The number of nitrogens with zero attached hydrogens (tertiary/aromatic N) is 3. The summed E-state index contributed by atoms with van der Waals surface area (Å²) in [5.74, 6) is 0.318. The molecule has 0 radical (unpaired) electrons. The molecule has 8 nitrogen and oxygen atoms in total. The molecule has 0 fully saturated rings. The molecule has 0 spiro atoms. The number of thiophene rings is 1. The number of sulfonamides is 1. The van der Waals surface area contributed by atoms with E-state index in [1.54, 1.807) is 29.5 Å². The number of carbonyl (C=O) groups excluding carboxylic acids is 1. The number of pyridine rings is 1. The van der Waals surface area contributed by atoms with Gasteiger partial charge in [-0.2, -0.15) is 4.31 Å². The number of likely N-dealkylation sites (N-methyl/N-ethyl adjacent to an activating group) is 1. The number of amides is 1. The minimum absolute atomic E-state index is 0.0373. The van der Waals surface area contributed by atoms with Crippen molar-refractivity contribution in [3.05, 3.63) is 60.2 Å². The van der Waals surface area contributed by atoms with E-state index in [0.717, 1.165) is 26.0 Å². The molecule has 4 rings (SSSR count). The monoisotopic (exact) mass is 427 g/mol. The van der Waals surface area contributed by atoms with Gasteiger partial charge >= 0.3 is 0 Å². The number of H-pyrrole nitrogens is 1. The maximum Gasteiger partial charge on any atom is 0.244 e. The number of rotatable bonds is 6. The van der Waals surface area contributed by atoms with E-state index in [-0.39, 0.29) is 11.4 Å². The number of hydrogen-bond acceptors (Lipinski definition) is 6. The van der Waals surface area contributed by atoms with Gasteiger partial charge in [-0.1, -0.05) is 6.07 Å². The average molecular weight is 428 g/mol. The molecule has 0 unspecified atom stereocenters. The molecule has 0 bridgehead atoms. The Kier molecular flexibility index (Phi) is 5.14. The average Bonchev–Trinajstić information content (AvgIpc) is 3.37. The van der Waals surface area contributed by atoms with Gasteiger partial charge in [0.15, 0.2) is 0 Å². The summed E-state index contributed by atoms with van der Waals surface area (Å²) in [6.07, 6.45) is 2.74. The van der Waals surface area contributed by atoms with Crippen molar-refractivity contribution in [3.8, 4) is 10.7 Å². The van der Waals surface area contributed by atoms with Gasteiger partial charge in [-0.25, -0.2) is 13.4 Å². The Balaban J connectivity index is 1.47. The van der Waals surface area contributed by atoms with Gasteiger partial charge in [0.25, 0.3) is 0 Å². The van der Waals surface area contributed by atoms with Crippen molar-refractivity contribution >= 4 is 44.0 Å². The number of anilines is 1. The lowest BCUT2D eigenvalue weighted by atomic mass is 10.3. The van der Waals surface area contributed by atoms with Gasteiger partial charge in [0.1, 0.15) is 10.7 Å². The first kappa shape index (κ1) is 19.2. The fourth-order valence-electron chi connectivity index (χ4n) is 2.78. The molecule has 1 amide bonds.